The number of pyridine rings is 1. The number of carbonyl (C=O) groups is 1. The van der Waals surface area contributed by atoms with E-state index in [0.717, 1.165) is 24.0 Å². The average Bonchev–Trinajstić information content (AvgIpc) is 3.36. The number of urea groups is 1. The van der Waals surface area contributed by atoms with Crippen LogP contribution >= 0.6 is 23.2 Å². The zero-order valence-corrected chi connectivity index (χ0v) is 22.6. The van der Waals surface area contributed by atoms with Crippen molar-refractivity contribution in [1.29, 1.82) is 0 Å². The van der Waals surface area contributed by atoms with E-state index in [1.165, 1.54) is 18.3 Å². The van der Waals surface area contributed by atoms with Crippen LogP contribution in [-0.2, 0) is 6.54 Å². The smallest absolute Gasteiger partial charge is 0.340 e. The van der Waals surface area contributed by atoms with Gasteiger partial charge in [0, 0.05) is 30.4 Å². The molecule has 0 bridgehead atoms. The number of rotatable bonds is 10. The molecule has 0 saturated heterocycles. The van der Waals surface area contributed by atoms with E-state index in [1.807, 2.05) is 18.7 Å². The Bertz CT molecular complexity index is 1490. The van der Waals surface area contributed by atoms with Gasteiger partial charge in [0.15, 0.2) is 17.4 Å². The van der Waals surface area contributed by atoms with Gasteiger partial charge in [-0.15, -0.1) is 10.2 Å². The first-order chi connectivity index (χ1) is 18.7. The number of ether oxygens (including phenoxy) is 1. The molecule has 2 heterocycles. The quantitative estimate of drug-likeness (QED) is 0.200. The first-order valence-electron chi connectivity index (χ1n) is 11.8. The Morgan fingerprint density at radius 2 is 2.03 bits per heavy atom. The van der Waals surface area contributed by atoms with Gasteiger partial charge in [-0.2, -0.15) is 10.1 Å². The molecule has 4 aromatic rings. The number of aryl methyl sites for hydroxylation is 1. The van der Waals surface area contributed by atoms with Crippen LogP contribution in [0, 0.1) is 5.82 Å². The van der Waals surface area contributed by atoms with Crippen molar-refractivity contribution in [3.05, 3.63) is 82.5 Å². The molecule has 0 saturated carbocycles. The van der Waals surface area contributed by atoms with Crippen LogP contribution in [0.15, 0.2) is 66.2 Å². The third-order valence-corrected chi connectivity index (χ3v) is 6.30. The van der Waals surface area contributed by atoms with Gasteiger partial charge in [0.2, 0.25) is 0 Å². The second-order valence-corrected chi connectivity index (χ2v) is 9.42. The Morgan fingerprint density at radius 1 is 1.21 bits per heavy atom. The molecule has 0 aliphatic rings. The average molecular weight is 571 g/mol. The standard InChI is InChI=1S/C26H25Cl2FN8O2/c1-35(2)11-4-12-36-16-32-34-25(36)22-14-19(9-10-31-22)39-23-8-7-18(13-21(23)29)37(26(30)38)33-15-17-5-3-6-20(27)24(17)28/h3,5-10,13-16H,4,11-12H2,1-2H3,(H2,30,38)/b33-15+. The van der Waals surface area contributed by atoms with Crippen LogP contribution in [0.4, 0.5) is 14.9 Å². The summed E-state index contributed by atoms with van der Waals surface area (Å²) >= 11 is 12.2. The predicted octanol–water partition coefficient (Wildman–Crippen LogP) is 5.45. The number of hydrazone groups is 1. The summed E-state index contributed by atoms with van der Waals surface area (Å²) < 4.78 is 22.7. The highest BCUT2D eigenvalue weighted by Crippen LogP contribution is 2.30. The molecule has 4 rings (SSSR count). The van der Waals surface area contributed by atoms with E-state index >= 15 is 4.39 Å². The van der Waals surface area contributed by atoms with E-state index in [1.54, 1.807) is 42.9 Å². The van der Waals surface area contributed by atoms with Gasteiger partial charge < -0.3 is 19.9 Å². The van der Waals surface area contributed by atoms with Gasteiger partial charge in [0.25, 0.3) is 0 Å². The number of hydrogen-bond acceptors (Lipinski definition) is 7. The van der Waals surface area contributed by atoms with E-state index < -0.39 is 11.8 Å². The van der Waals surface area contributed by atoms with E-state index in [-0.39, 0.29) is 16.5 Å². The summed E-state index contributed by atoms with van der Waals surface area (Å²) in [6.07, 6.45) is 5.40. The van der Waals surface area contributed by atoms with Crippen molar-refractivity contribution in [3.63, 3.8) is 0 Å². The number of carbonyl (C=O) groups excluding carboxylic acids is 1. The Hall–Kier alpha value is -4.06. The summed E-state index contributed by atoms with van der Waals surface area (Å²) in [4.78, 5) is 18.5. The van der Waals surface area contributed by atoms with Crippen molar-refractivity contribution >= 4 is 41.1 Å². The van der Waals surface area contributed by atoms with Crippen LogP contribution in [0.3, 0.4) is 0 Å². The second-order valence-electron chi connectivity index (χ2n) is 8.64. The summed E-state index contributed by atoms with van der Waals surface area (Å²) in [5, 5.41) is 13.6. The molecule has 0 unspecified atom stereocenters. The highest BCUT2D eigenvalue weighted by atomic mass is 35.5. The van der Waals surface area contributed by atoms with Gasteiger partial charge in [-0.1, -0.05) is 35.3 Å². The molecule has 0 atom stereocenters. The van der Waals surface area contributed by atoms with Crippen LogP contribution in [-0.4, -0.2) is 57.5 Å². The minimum atomic E-state index is -0.925. The Balaban J connectivity index is 1.52. The second kappa shape index (κ2) is 12.7. The van der Waals surface area contributed by atoms with Gasteiger partial charge >= 0.3 is 6.03 Å². The van der Waals surface area contributed by atoms with E-state index in [9.17, 15) is 4.79 Å². The molecule has 0 aliphatic heterocycles. The Morgan fingerprint density at radius 3 is 2.77 bits per heavy atom. The molecule has 2 amide bonds. The maximum absolute atomic E-state index is 15.0. The summed E-state index contributed by atoms with van der Waals surface area (Å²) in [6, 6.07) is 11.2. The van der Waals surface area contributed by atoms with Gasteiger partial charge in [-0.05, 0) is 51.3 Å². The highest BCUT2D eigenvalue weighted by Gasteiger charge is 2.16. The number of benzene rings is 2. The molecular formula is C26H25Cl2FN8O2. The lowest BCUT2D eigenvalue weighted by atomic mass is 10.2. The molecule has 0 radical (unpaired) electrons. The fourth-order valence-corrected chi connectivity index (χ4v) is 3.95. The third-order valence-electron chi connectivity index (χ3n) is 5.47. The Labute approximate surface area is 234 Å². The van der Waals surface area contributed by atoms with Crippen LogP contribution in [0.1, 0.15) is 12.0 Å². The number of hydrogen-bond donors (Lipinski definition) is 1. The molecule has 39 heavy (non-hydrogen) atoms. The summed E-state index contributed by atoms with van der Waals surface area (Å²) in [5.74, 6) is 0.106. The minimum Gasteiger partial charge on any atom is -0.454 e. The molecule has 13 heteroatoms. The summed E-state index contributed by atoms with van der Waals surface area (Å²) in [5.41, 5.74) is 6.54. The van der Waals surface area contributed by atoms with Gasteiger partial charge in [0.05, 0.1) is 21.9 Å². The first kappa shape index (κ1) is 28.0. The lowest BCUT2D eigenvalue weighted by molar-refractivity contribution is 0.254. The van der Waals surface area contributed by atoms with Crippen molar-refractivity contribution in [2.24, 2.45) is 10.8 Å². The van der Waals surface area contributed by atoms with Crippen molar-refractivity contribution in [2.45, 2.75) is 13.0 Å². The SMILES string of the molecule is CN(C)CCCn1cnnc1-c1cc(Oc2ccc(N(/N=C/c3cccc(Cl)c3Cl)C(N)=O)cc2F)ccn1. The molecule has 2 aromatic heterocycles. The van der Waals surface area contributed by atoms with Crippen LogP contribution in [0.25, 0.3) is 11.5 Å². The molecular weight excluding hydrogens is 546 g/mol. The van der Waals surface area contributed by atoms with E-state index in [4.69, 9.17) is 33.7 Å². The van der Waals surface area contributed by atoms with Crippen LogP contribution in [0.5, 0.6) is 11.5 Å². The van der Waals surface area contributed by atoms with E-state index in [2.05, 4.69) is 25.2 Å². The maximum atomic E-state index is 15.0. The fraction of sp³-hybridized carbons (Fsp3) is 0.192. The van der Waals surface area contributed by atoms with Crippen molar-refractivity contribution in [3.8, 4) is 23.0 Å². The van der Waals surface area contributed by atoms with Gasteiger partial charge in [-0.3, -0.25) is 4.98 Å². The highest BCUT2D eigenvalue weighted by molar-refractivity contribution is 6.43. The normalized spacial score (nSPS) is 11.3. The van der Waals surface area contributed by atoms with Gasteiger partial charge in [-0.25, -0.2) is 9.18 Å². The van der Waals surface area contributed by atoms with Crippen LogP contribution < -0.4 is 15.5 Å². The maximum Gasteiger partial charge on any atom is 0.340 e. The number of aromatic nitrogens is 4. The van der Waals surface area contributed by atoms with E-state index in [0.29, 0.717) is 34.4 Å². The molecule has 0 fully saturated rings. The number of primary amides is 1. The molecule has 2 N–H and O–H groups in total. The number of anilines is 1. The molecule has 10 nitrogen and oxygen atoms in total. The Kier molecular flexibility index (Phi) is 9.07. The lowest BCUT2D eigenvalue weighted by Crippen LogP contribution is -2.31. The lowest BCUT2D eigenvalue weighted by Gasteiger charge is -2.16. The number of nitrogens with zero attached hydrogens (tertiary/aromatic N) is 7. The van der Waals surface area contributed by atoms with Crippen molar-refractivity contribution in [1.82, 2.24) is 24.6 Å². The topological polar surface area (TPSA) is 115 Å². The zero-order valence-electron chi connectivity index (χ0n) is 21.1. The molecule has 202 valence electrons. The molecule has 0 spiro atoms. The summed E-state index contributed by atoms with van der Waals surface area (Å²) in [7, 11) is 4.02. The first-order valence-corrected chi connectivity index (χ1v) is 12.5. The van der Waals surface area contributed by atoms with Crippen molar-refractivity contribution < 1.29 is 13.9 Å². The van der Waals surface area contributed by atoms with Crippen LogP contribution in [0.2, 0.25) is 10.0 Å². The van der Waals surface area contributed by atoms with Crippen molar-refractivity contribution in [2.75, 3.05) is 25.6 Å². The zero-order chi connectivity index (χ0) is 27.9. The largest absolute Gasteiger partial charge is 0.454 e. The molecule has 2 aromatic carbocycles. The fourth-order valence-electron chi connectivity index (χ4n) is 3.59. The number of amides is 2. The number of nitrogens with two attached hydrogens (primary N) is 1. The predicted molar refractivity (Wildman–Crippen MR) is 149 cm³/mol. The minimum absolute atomic E-state index is 0.0744. The summed E-state index contributed by atoms with van der Waals surface area (Å²) in [6.45, 7) is 1.63. The monoisotopic (exact) mass is 570 g/mol. The number of halogens is 3. The van der Waals surface area contributed by atoms with Gasteiger partial charge in [0.1, 0.15) is 17.8 Å². The third kappa shape index (κ3) is 7.08. The molecule has 0 aliphatic carbocycles.